The molecular formula is C31H35N5O7. The van der Waals surface area contributed by atoms with E-state index in [2.05, 4.69) is 20.9 Å². The Morgan fingerprint density at radius 2 is 1.77 bits per heavy atom. The minimum atomic E-state index is -1.33. The number of likely N-dealkylation sites (tertiary alicyclic amines) is 1. The van der Waals surface area contributed by atoms with Gasteiger partial charge in [0.2, 0.25) is 5.91 Å². The number of aromatic nitrogens is 1. The molecule has 0 spiro atoms. The number of aryl methyl sites for hydroxylation is 1. The molecule has 4 N–H and O–H groups in total. The van der Waals surface area contributed by atoms with Gasteiger partial charge in [-0.3, -0.25) is 9.59 Å². The molecule has 0 aliphatic carbocycles. The number of benzene rings is 2. The Balaban J connectivity index is 1.29. The van der Waals surface area contributed by atoms with Gasteiger partial charge < -0.3 is 35.4 Å². The zero-order valence-corrected chi connectivity index (χ0v) is 23.8. The smallest absolute Gasteiger partial charge is 0.410 e. The molecule has 1 aliphatic rings. The monoisotopic (exact) mass is 589 g/mol. The Labute approximate surface area is 249 Å². The minimum absolute atomic E-state index is 0.121. The van der Waals surface area contributed by atoms with Crippen molar-refractivity contribution >= 4 is 29.7 Å². The lowest BCUT2D eigenvalue weighted by atomic mass is 10.1. The third kappa shape index (κ3) is 9.27. The van der Waals surface area contributed by atoms with Crippen LogP contribution in [0.1, 0.15) is 27.9 Å². The van der Waals surface area contributed by atoms with Gasteiger partial charge in [0.25, 0.3) is 5.91 Å². The van der Waals surface area contributed by atoms with Crippen LogP contribution in [0.25, 0.3) is 0 Å². The van der Waals surface area contributed by atoms with Crippen LogP contribution >= 0.6 is 0 Å². The summed E-state index contributed by atoms with van der Waals surface area (Å²) in [5.41, 5.74) is 1.91. The molecule has 12 heteroatoms. The molecule has 1 aromatic heterocycles. The Hall–Kier alpha value is -4.97. The van der Waals surface area contributed by atoms with Crippen molar-refractivity contribution in [2.24, 2.45) is 0 Å². The van der Waals surface area contributed by atoms with E-state index < -0.39 is 36.0 Å². The minimum Gasteiger partial charge on any atom is -0.480 e. The molecule has 226 valence electrons. The van der Waals surface area contributed by atoms with Crippen molar-refractivity contribution < 1.29 is 33.8 Å². The first-order valence-electron chi connectivity index (χ1n) is 13.9. The molecule has 0 saturated carbocycles. The number of hydrogen-bond acceptors (Lipinski definition) is 8. The lowest BCUT2D eigenvalue weighted by Gasteiger charge is -2.24. The first-order chi connectivity index (χ1) is 20.8. The van der Waals surface area contributed by atoms with Gasteiger partial charge in [0.15, 0.2) is 0 Å². The van der Waals surface area contributed by atoms with E-state index in [0.717, 1.165) is 5.56 Å². The maximum atomic E-state index is 13.0. The van der Waals surface area contributed by atoms with Gasteiger partial charge in [0.05, 0.1) is 18.7 Å². The van der Waals surface area contributed by atoms with Gasteiger partial charge >= 0.3 is 12.1 Å². The highest BCUT2D eigenvalue weighted by Crippen LogP contribution is 2.22. The number of hydrogen-bond donors (Lipinski definition) is 4. The van der Waals surface area contributed by atoms with Crippen molar-refractivity contribution in [1.82, 2.24) is 20.5 Å². The number of amides is 3. The van der Waals surface area contributed by atoms with Crippen molar-refractivity contribution in [3.63, 3.8) is 0 Å². The summed E-state index contributed by atoms with van der Waals surface area (Å²) >= 11 is 0. The summed E-state index contributed by atoms with van der Waals surface area (Å²) in [6.45, 7) is 1.79. The fourth-order valence-electron chi connectivity index (χ4n) is 4.63. The summed E-state index contributed by atoms with van der Waals surface area (Å²) in [5.74, 6) is -1.73. The summed E-state index contributed by atoms with van der Waals surface area (Å²) < 4.78 is 11.4. The van der Waals surface area contributed by atoms with Crippen LogP contribution in [0.3, 0.4) is 0 Å². The Morgan fingerprint density at radius 3 is 2.49 bits per heavy atom. The molecule has 2 heterocycles. The van der Waals surface area contributed by atoms with Crippen molar-refractivity contribution in [3.05, 3.63) is 95.7 Å². The van der Waals surface area contributed by atoms with Crippen LogP contribution in [-0.2, 0) is 25.7 Å². The second-order valence-corrected chi connectivity index (χ2v) is 10.1. The van der Waals surface area contributed by atoms with Crippen molar-refractivity contribution in [1.29, 1.82) is 0 Å². The highest BCUT2D eigenvalue weighted by molar-refractivity contribution is 5.98. The molecule has 2 aromatic carbocycles. The number of nitrogens with zero attached hydrogens (tertiary/aromatic N) is 2. The molecule has 0 unspecified atom stereocenters. The summed E-state index contributed by atoms with van der Waals surface area (Å²) in [5, 5.41) is 17.7. The Morgan fingerprint density at radius 1 is 1.02 bits per heavy atom. The van der Waals surface area contributed by atoms with Crippen LogP contribution in [0.15, 0.2) is 79.0 Å². The topological polar surface area (TPSA) is 159 Å². The van der Waals surface area contributed by atoms with Gasteiger partial charge in [-0.05, 0) is 42.7 Å². The third-order valence-electron chi connectivity index (χ3n) is 6.95. The van der Waals surface area contributed by atoms with Crippen LogP contribution in [0.2, 0.25) is 0 Å². The highest BCUT2D eigenvalue weighted by atomic mass is 16.6. The number of rotatable bonds is 13. The van der Waals surface area contributed by atoms with E-state index in [4.69, 9.17) is 9.47 Å². The maximum Gasteiger partial charge on any atom is 0.410 e. The van der Waals surface area contributed by atoms with Crippen LogP contribution in [0.4, 0.5) is 10.6 Å². The number of carbonyl (C=O) groups excluding carboxylic acids is 3. The number of anilines is 1. The van der Waals surface area contributed by atoms with Crippen LogP contribution in [-0.4, -0.2) is 83.3 Å². The number of nitrogens with one attached hydrogen (secondary N) is 3. The van der Waals surface area contributed by atoms with E-state index >= 15 is 0 Å². The van der Waals surface area contributed by atoms with Crippen molar-refractivity contribution in [3.8, 4) is 0 Å². The predicted molar refractivity (Wildman–Crippen MR) is 157 cm³/mol. The predicted octanol–water partition coefficient (Wildman–Crippen LogP) is 2.60. The molecule has 0 radical (unpaired) electrons. The molecule has 4 rings (SSSR count). The molecule has 1 saturated heterocycles. The zero-order chi connectivity index (χ0) is 30.6. The summed E-state index contributed by atoms with van der Waals surface area (Å²) in [6.07, 6.45) is 1.15. The molecule has 1 aliphatic heterocycles. The second-order valence-electron chi connectivity index (χ2n) is 10.1. The number of pyridine rings is 1. The molecule has 3 atom stereocenters. The molecule has 0 bridgehead atoms. The molecular weight excluding hydrogens is 554 g/mol. The number of aliphatic carboxylic acids is 1. The van der Waals surface area contributed by atoms with Crippen molar-refractivity contribution in [2.45, 2.75) is 38.1 Å². The Bertz CT molecular complexity index is 1390. The largest absolute Gasteiger partial charge is 0.480 e. The highest BCUT2D eigenvalue weighted by Gasteiger charge is 2.37. The van der Waals surface area contributed by atoms with Crippen LogP contribution in [0, 0.1) is 6.92 Å². The maximum absolute atomic E-state index is 13.0. The molecule has 3 aromatic rings. The van der Waals surface area contributed by atoms with E-state index in [-0.39, 0.29) is 32.3 Å². The zero-order valence-electron chi connectivity index (χ0n) is 23.8. The summed E-state index contributed by atoms with van der Waals surface area (Å²) in [7, 11) is 0. The Kier molecular flexibility index (Phi) is 11.0. The van der Waals surface area contributed by atoms with Crippen LogP contribution in [0.5, 0.6) is 0 Å². The van der Waals surface area contributed by atoms with Gasteiger partial charge in [-0.15, -0.1) is 0 Å². The van der Waals surface area contributed by atoms with Gasteiger partial charge in [-0.2, -0.15) is 0 Å². The molecule has 3 amide bonds. The van der Waals surface area contributed by atoms with E-state index in [9.17, 15) is 24.3 Å². The number of carbonyl (C=O) groups is 4. The van der Waals surface area contributed by atoms with Crippen molar-refractivity contribution in [2.75, 3.05) is 31.6 Å². The second kappa shape index (κ2) is 15.3. The van der Waals surface area contributed by atoms with Gasteiger partial charge in [-0.25, -0.2) is 14.6 Å². The SMILES string of the molecule is Cc1ccccc1C(=O)N[C@@H](CNC(=O)CO[C@@H]1C[C@@H](CNc2ccccn2)N(C(=O)OCc2ccccc2)C1)C(=O)O. The average Bonchev–Trinajstić information content (AvgIpc) is 3.44. The standard InChI is InChI=1S/C31H35N5O7/c1-21-9-5-6-12-25(21)29(38)35-26(30(39)40)17-34-28(37)20-42-24-15-23(16-33-27-13-7-8-14-32-27)36(18-24)31(41)43-19-22-10-3-2-4-11-22/h2-14,23-24,26H,15-20H2,1H3,(H,32,33)(H,34,37)(H,35,38)(H,39,40)/t23-,24+,26-/m0/s1. The lowest BCUT2D eigenvalue weighted by Crippen LogP contribution is -2.49. The normalized spacial score (nSPS) is 16.6. The molecule has 1 fully saturated rings. The first-order valence-corrected chi connectivity index (χ1v) is 13.9. The van der Waals surface area contributed by atoms with E-state index in [1.807, 2.05) is 42.5 Å². The van der Waals surface area contributed by atoms with Gasteiger partial charge in [0, 0.05) is 24.8 Å². The number of carboxylic acid groups (broad SMARTS) is 1. The third-order valence-corrected chi connectivity index (χ3v) is 6.95. The summed E-state index contributed by atoms with van der Waals surface area (Å²) in [6, 6.07) is 20.0. The summed E-state index contributed by atoms with van der Waals surface area (Å²) in [4.78, 5) is 55.6. The van der Waals surface area contributed by atoms with Crippen LogP contribution < -0.4 is 16.0 Å². The van der Waals surface area contributed by atoms with E-state index in [0.29, 0.717) is 29.9 Å². The fraction of sp³-hybridized carbons (Fsp3) is 0.323. The molecule has 12 nitrogen and oxygen atoms in total. The van der Waals surface area contributed by atoms with Gasteiger partial charge in [0.1, 0.15) is 25.1 Å². The van der Waals surface area contributed by atoms with E-state index in [1.165, 1.54) is 0 Å². The fourth-order valence-corrected chi connectivity index (χ4v) is 4.63. The average molecular weight is 590 g/mol. The van der Waals surface area contributed by atoms with Gasteiger partial charge in [-0.1, -0.05) is 54.6 Å². The number of carboxylic acids is 1. The van der Waals surface area contributed by atoms with E-state index in [1.54, 1.807) is 48.4 Å². The quantitative estimate of drug-likeness (QED) is 0.235. The lowest BCUT2D eigenvalue weighted by molar-refractivity contribution is -0.139. The number of ether oxygens (including phenoxy) is 2. The molecule has 43 heavy (non-hydrogen) atoms. The first kappa shape index (κ1) is 31.0.